The molecule has 0 saturated heterocycles. The van der Waals surface area contributed by atoms with Crippen LogP contribution in [0, 0.1) is 11.3 Å². The summed E-state index contributed by atoms with van der Waals surface area (Å²) in [6, 6.07) is 0. The van der Waals surface area contributed by atoms with Gasteiger partial charge in [-0.1, -0.05) is 13.8 Å². The summed E-state index contributed by atoms with van der Waals surface area (Å²) in [6.07, 6.45) is 5.00. The predicted molar refractivity (Wildman–Crippen MR) is 68.5 cm³/mol. The van der Waals surface area contributed by atoms with Crippen LogP contribution in [0.1, 0.15) is 39.5 Å². The highest BCUT2D eigenvalue weighted by Crippen LogP contribution is 2.28. The minimum absolute atomic E-state index is 0.259. The Labute approximate surface area is 100 Å². The molecule has 0 amide bonds. The molecule has 0 aromatic rings. The Morgan fingerprint density at radius 3 is 2.75 bits per heavy atom. The molecule has 1 rings (SSSR count). The lowest BCUT2D eigenvalue weighted by atomic mass is 9.88. The summed E-state index contributed by atoms with van der Waals surface area (Å²) in [5, 5.41) is 3.47. The first kappa shape index (κ1) is 13.9. The lowest BCUT2D eigenvalue weighted by Gasteiger charge is -2.26. The predicted octanol–water partition coefficient (Wildman–Crippen LogP) is 1.77. The van der Waals surface area contributed by atoms with Crippen LogP contribution in [-0.2, 0) is 4.74 Å². The van der Waals surface area contributed by atoms with Crippen molar-refractivity contribution in [2.45, 2.75) is 39.5 Å². The lowest BCUT2D eigenvalue weighted by molar-refractivity contribution is 0.121. The first-order valence-corrected chi connectivity index (χ1v) is 6.69. The van der Waals surface area contributed by atoms with Gasteiger partial charge < -0.3 is 15.8 Å². The fourth-order valence-electron chi connectivity index (χ4n) is 1.57. The van der Waals surface area contributed by atoms with E-state index < -0.39 is 0 Å². The fourth-order valence-corrected chi connectivity index (χ4v) is 1.57. The molecular formula is C13H28N2O. The van der Waals surface area contributed by atoms with E-state index in [1.807, 2.05) is 0 Å². The first-order chi connectivity index (χ1) is 7.70. The Morgan fingerprint density at radius 2 is 2.19 bits per heavy atom. The second kappa shape index (κ2) is 7.25. The molecule has 0 aromatic heterocycles. The Kier molecular flexibility index (Phi) is 6.32. The quantitative estimate of drug-likeness (QED) is 0.560. The molecule has 1 saturated carbocycles. The van der Waals surface area contributed by atoms with E-state index >= 15 is 0 Å². The maximum atomic E-state index is 5.76. The van der Waals surface area contributed by atoms with Gasteiger partial charge in [-0.25, -0.2) is 0 Å². The van der Waals surface area contributed by atoms with Gasteiger partial charge in [-0.2, -0.15) is 0 Å². The molecule has 1 aliphatic carbocycles. The second-order valence-corrected chi connectivity index (χ2v) is 5.42. The van der Waals surface area contributed by atoms with Crippen molar-refractivity contribution in [1.82, 2.24) is 5.32 Å². The zero-order valence-corrected chi connectivity index (χ0v) is 10.9. The van der Waals surface area contributed by atoms with Crippen LogP contribution in [0.15, 0.2) is 0 Å². The van der Waals surface area contributed by atoms with E-state index in [0.29, 0.717) is 0 Å². The van der Waals surface area contributed by atoms with Gasteiger partial charge in [-0.3, -0.25) is 0 Å². The van der Waals surface area contributed by atoms with E-state index in [-0.39, 0.29) is 5.41 Å². The third kappa shape index (κ3) is 5.83. The van der Waals surface area contributed by atoms with Crippen LogP contribution >= 0.6 is 0 Å². The second-order valence-electron chi connectivity index (χ2n) is 5.42. The van der Waals surface area contributed by atoms with Crippen LogP contribution in [0.2, 0.25) is 0 Å². The molecule has 3 nitrogen and oxygen atoms in total. The minimum Gasteiger partial charge on any atom is -0.381 e. The van der Waals surface area contributed by atoms with Crippen molar-refractivity contribution in [3.8, 4) is 0 Å². The summed E-state index contributed by atoms with van der Waals surface area (Å²) in [4.78, 5) is 0. The normalized spacial score (nSPS) is 19.7. The molecule has 96 valence electrons. The number of hydrogen-bond donors (Lipinski definition) is 2. The number of hydrogen-bond acceptors (Lipinski definition) is 3. The number of rotatable bonds is 10. The van der Waals surface area contributed by atoms with Gasteiger partial charge in [0.25, 0.3) is 0 Å². The average molecular weight is 228 g/mol. The van der Waals surface area contributed by atoms with Crippen molar-refractivity contribution in [2.24, 2.45) is 17.1 Å². The average Bonchev–Trinajstić information content (AvgIpc) is 3.11. The maximum absolute atomic E-state index is 5.76. The summed E-state index contributed by atoms with van der Waals surface area (Å²) in [7, 11) is 0. The van der Waals surface area contributed by atoms with Gasteiger partial charge in [0.15, 0.2) is 0 Å². The molecule has 3 heteroatoms. The maximum Gasteiger partial charge on any atom is 0.0494 e. The largest absolute Gasteiger partial charge is 0.381 e. The summed E-state index contributed by atoms with van der Waals surface area (Å²) in [6.45, 7) is 9.14. The smallest absolute Gasteiger partial charge is 0.0494 e. The van der Waals surface area contributed by atoms with E-state index in [2.05, 4.69) is 19.2 Å². The van der Waals surface area contributed by atoms with Crippen LogP contribution in [0.4, 0.5) is 0 Å². The fraction of sp³-hybridized carbons (Fsp3) is 1.00. The zero-order valence-electron chi connectivity index (χ0n) is 10.9. The Hall–Kier alpha value is -0.120. The van der Waals surface area contributed by atoms with E-state index in [4.69, 9.17) is 10.5 Å². The van der Waals surface area contributed by atoms with Gasteiger partial charge in [0.1, 0.15) is 0 Å². The van der Waals surface area contributed by atoms with Gasteiger partial charge in [0.05, 0.1) is 0 Å². The molecule has 16 heavy (non-hydrogen) atoms. The minimum atomic E-state index is 0.259. The number of ether oxygens (including phenoxy) is 1. The molecule has 3 N–H and O–H groups in total. The Balaban J connectivity index is 1.86. The SMILES string of the molecule is CCC(C)(CN)CNCCCOCC1CC1. The third-order valence-corrected chi connectivity index (χ3v) is 3.59. The number of nitrogens with two attached hydrogens (primary N) is 1. The molecule has 0 spiro atoms. The van der Waals surface area contributed by atoms with E-state index in [1.54, 1.807) is 0 Å². The highest BCUT2D eigenvalue weighted by molar-refractivity contribution is 4.76. The molecule has 0 radical (unpaired) electrons. The molecule has 0 heterocycles. The van der Waals surface area contributed by atoms with Gasteiger partial charge >= 0.3 is 0 Å². The molecule has 0 aromatic carbocycles. The standard InChI is InChI=1S/C13H28N2O/c1-3-13(2,10-14)11-15-7-4-8-16-9-12-5-6-12/h12,15H,3-11,14H2,1-2H3. The Bertz CT molecular complexity index is 177. The van der Waals surface area contributed by atoms with Crippen molar-refractivity contribution in [1.29, 1.82) is 0 Å². The highest BCUT2D eigenvalue weighted by Gasteiger charge is 2.21. The van der Waals surface area contributed by atoms with Crippen LogP contribution < -0.4 is 11.1 Å². The monoisotopic (exact) mass is 228 g/mol. The van der Waals surface area contributed by atoms with Crippen molar-refractivity contribution in [3.05, 3.63) is 0 Å². The molecule has 1 aliphatic rings. The van der Waals surface area contributed by atoms with Gasteiger partial charge in [0.2, 0.25) is 0 Å². The van der Waals surface area contributed by atoms with Crippen molar-refractivity contribution in [2.75, 3.05) is 32.8 Å². The molecular weight excluding hydrogens is 200 g/mol. The van der Waals surface area contributed by atoms with Gasteiger partial charge in [-0.05, 0) is 50.1 Å². The van der Waals surface area contributed by atoms with Gasteiger partial charge in [0, 0.05) is 19.8 Å². The van der Waals surface area contributed by atoms with E-state index in [0.717, 1.165) is 51.6 Å². The zero-order chi connectivity index (χ0) is 11.9. The summed E-state index contributed by atoms with van der Waals surface area (Å²) >= 11 is 0. The molecule has 0 aliphatic heterocycles. The van der Waals surface area contributed by atoms with E-state index in [1.165, 1.54) is 12.8 Å². The molecule has 1 atom stereocenters. The summed E-state index contributed by atoms with van der Waals surface area (Å²) in [5.74, 6) is 0.883. The summed E-state index contributed by atoms with van der Waals surface area (Å²) < 4.78 is 5.58. The van der Waals surface area contributed by atoms with Crippen LogP contribution in [0.5, 0.6) is 0 Å². The summed E-state index contributed by atoms with van der Waals surface area (Å²) in [5.41, 5.74) is 6.01. The van der Waals surface area contributed by atoms with E-state index in [9.17, 15) is 0 Å². The topological polar surface area (TPSA) is 47.3 Å². The van der Waals surface area contributed by atoms with Crippen molar-refractivity contribution in [3.63, 3.8) is 0 Å². The highest BCUT2D eigenvalue weighted by atomic mass is 16.5. The third-order valence-electron chi connectivity index (χ3n) is 3.59. The van der Waals surface area contributed by atoms with Crippen molar-refractivity contribution >= 4 is 0 Å². The van der Waals surface area contributed by atoms with Crippen molar-refractivity contribution < 1.29 is 4.74 Å². The van der Waals surface area contributed by atoms with Crippen LogP contribution in [0.3, 0.4) is 0 Å². The Morgan fingerprint density at radius 1 is 1.44 bits per heavy atom. The van der Waals surface area contributed by atoms with Crippen LogP contribution in [-0.4, -0.2) is 32.8 Å². The lowest BCUT2D eigenvalue weighted by Crippen LogP contribution is -2.38. The molecule has 1 fully saturated rings. The number of nitrogens with one attached hydrogen (secondary N) is 1. The molecule has 1 unspecified atom stereocenters. The van der Waals surface area contributed by atoms with Gasteiger partial charge in [-0.15, -0.1) is 0 Å². The van der Waals surface area contributed by atoms with Crippen LogP contribution in [0.25, 0.3) is 0 Å². The first-order valence-electron chi connectivity index (χ1n) is 6.69. The molecule has 0 bridgehead atoms.